The molecule has 0 saturated heterocycles. The summed E-state index contributed by atoms with van der Waals surface area (Å²) in [6.07, 6.45) is 1.09. The van der Waals surface area contributed by atoms with Gasteiger partial charge in [-0.1, -0.05) is 29.8 Å². The molecule has 0 fully saturated rings. The number of aromatic nitrogens is 1. The molecule has 0 spiro atoms. The van der Waals surface area contributed by atoms with Gasteiger partial charge in [0, 0.05) is 21.0 Å². The summed E-state index contributed by atoms with van der Waals surface area (Å²) in [6, 6.07) is 8.38. The lowest BCUT2D eigenvalue weighted by atomic mass is 10.2. The van der Waals surface area contributed by atoms with Crippen LogP contribution < -0.4 is 5.56 Å². The Morgan fingerprint density at radius 3 is 2.76 bits per heavy atom. The predicted octanol–water partition coefficient (Wildman–Crippen LogP) is 3.46. The second-order valence-corrected chi connectivity index (χ2v) is 6.64. The molecule has 3 rings (SSSR count). The van der Waals surface area contributed by atoms with Crippen molar-refractivity contribution >= 4 is 44.7 Å². The van der Waals surface area contributed by atoms with E-state index < -0.39 is 22.0 Å². The highest BCUT2D eigenvalue weighted by molar-refractivity contribution is 7.19. The number of carbonyl (C=O) groups excluding carboxylic acids is 1. The van der Waals surface area contributed by atoms with Crippen LogP contribution in [-0.2, 0) is 11.3 Å². The Kier molecular flexibility index (Phi) is 4.56. The van der Waals surface area contributed by atoms with Crippen molar-refractivity contribution in [2.24, 2.45) is 0 Å². The van der Waals surface area contributed by atoms with Gasteiger partial charge in [0.05, 0.1) is 29.8 Å². The Bertz CT molecular complexity index is 1060. The van der Waals surface area contributed by atoms with E-state index in [1.807, 2.05) is 24.3 Å². The second kappa shape index (κ2) is 6.66. The number of rotatable bonds is 4. The Morgan fingerprint density at radius 1 is 1.40 bits per heavy atom. The minimum absolute atomic E-state index is 0.0166. The zero-order chi connectivity index (χ0) is 18.1. The third-order valence-electron chi connectivity index (χ3n) is 3.60. The first-order valence-corrected chi connectivity index (χ1v) is 8.25. The van der Waals surface area contributed by atoms with Crippen LogP contribution in [0.15, 0.2) is 41.3 Å². The number of halogens is 1. The van der Waals surface area contributed by atoms with Gasteiger partial charge in [0.25, 0.3) is 11.2 Å². The van der Waals surface area contributed by atoms with Gasteiger partial charge in [-0.3, -0.25) is 14.9 Å². The van der Waals surface area contributed by atoms with Crippen LogP contribution in [0.4, 0.5) is 5.69 Å². The van der Waals surface area contributed by atoms with Crippen molar-refractivity contribution < 1.29 is 14.5 Å². The molecule has 3 aromatic rings. The molecule has 0 atom stereocenters. The summed E-state index contributed by atoms with van der Waals surface area (Å²) in [6.45, 7) is 0.0166. The number of hydrogen-bond donors (Lipinski definition) is 0. The number of thiophene rings is 1. The van der Waals surface area contributed by atoms with Gasteiger partial charge in [0.15, 0.2) is 0 Å². The van der Waals surface area contributed by atoms with Crippen LogP contribution in [0.1, 0.15) is 15.2 Å². The summed E-state index contributed by atoms with van der Waals surface area (Å²) in [4.78, 5) is 35.3. The summed E-state index contributed by atoms with van der Waals surface area (Å²) in [7, 11) is 1.10. The van der Waals surface area contributed by atoms with Gasteiger partial charge in [-0.2, -0.15) is 0 Å². The zero-order valence-corrected chi connectivity index (χ0v) is 14.5. The molecule has 0 aliphatic carbocycles. The van der Waals surface area contributed by atoms with Crippen LogP contribution in [-0.4, -0.2) is 22.6 Å². The van der Waals surface area contributed by atoms with E-state index >= 15 is 0 Å². The number of nitrogens with zero attached hydrogens (tertiary/aromatic N) is 2. The maximum atomic E-state index is 12.5. The lowest BCUT2D eigenvalue weighted by molar-refractivity contribution is -0.385. The molecule has 0 aliphatic heterocycles. The summed E-state index contributed by atoms with van der Waals surface area (Å²) in [5.41, 5.74) is -1.45. The number of hydrogen-bond acceptors (Lipinski definition) is 6. The monoisotopic (exact) mass is 378 g/mol. The van der Waals surface area contributed by atoms with Crippen molar-refractivity contribution in [1.82, 2.24) is 4.57 Å². The Labute approximate surface area is 150 Å². The average molecular weight is 379 g/mol. The van der Waals surface area contributed by atoms with E-state index in [2.05, 4.69) is 4.74 Å². The first kappa shape index (κ1) is 17.1. The van der Waals surface area contributed by atoms with E-state index in [9.17, 15) is 19.7 Å². The van der Waals surface area contributed by atoms with Crippen LogP contribution in [0.3, 0.4) is 0 Å². The minimum atomic E-state index is -0.926. The normalized spacial score (nSPS) is 10.8. The highest BCUT2D eigenvalue weighted by Crippen LogP contribution is 2.35. The van der Waals surface area contributed by atoms with Crippen molar-refractivity contribution in [2.75, 3.05) is 7.11 Å². The second-order valence-electron chi connectivity index (χ2n) is 5.13. The van der Waals surface area contributed by atoms with Crippen molar-refractivity contribution in [3.8, 4) is 0 Å². The molecule has 1 aromatic carbocycles. The van der Waals surface area contributed by atoms with Crippen LogP contribution in [0.25, 0.3) is 10.1 Å². The lowest BCUT2D eigenvalue weighted by Gasteiger charge is -2.07. The van der Waals surface area contributed by atoms with Crippen LogP contribution in [0.2, 0.25) is 5.02 Å². The number of benzene rings is 1. The van der Waals surface area contributed by atoms with Crippen molar-refractivity contribution in [3.05, 3.63) is 72.5 Å². The van der Waals surface area contributed by atoms with Crippen LogP contribution in [0.5, 0.6) is 0 Å². The Balaban J connectivity index is 2.14. The SMILES string of the molecule is COC(=O)c1cc([N+](=O)[O-])cn(Cc2sc3ccccc3c2Cl)c1=O. The van der Waals surface area contributed by atoms with Gasteiger partial charge in [-0.15, -0.1) is 11.3 Å². The number of fused-ring (bicyclic) bond motifs is 1. The molecule has 7 nitrogen and oxygen atoms in total. The van der Waals surface area contributed by atoms with E-state index in [1.165, 1.54) is 11.3 Å². The quantitative estimate of drug-likeness (QED) is 0.394. The highest BCUT2D eigenvalue weighted by atomic mass is 35.5. The molecule has 25 heavy (non-hydrogen) atoms. The van der Waals surface area contributed by atoms with E-state index in [0.29, 0.717) is 9.90 Å². The summed E-state index contributed by atoms with van der Waals surface area (Å²) < 4.78 is 6.57. The third-order valence-corrected chi connectivity index (χ3v) is 5.30. The maximum Gasteiger partial charge on any atom is 0.343 e. The van der Waals surface area contributed by atoms with Gasteiger partial charge in [-0.25, -0.2) is 4.79 Å². The van der Waals surface area contributed by atoms with E-state index in [-0.39, 0.29) is 12.2 Å². The van der Waals surface area contributed by atoms with E-state index in [1.54, 1.807) is 0 Å². The molecular formula is C16H11ClN2O5S. The minimum Gasteiger partial charge on any atom is -0.465 e. The van der Waals surface area contributed by atoms with Gasteiger partial charge in [0.1, 0.15) is 5.56 Å². The van der Waals surface area contributed by atoms with Gasteiger partial charge < -0.3 is 9.30 Å². The van der Waals surface area contributed by atoms with Crippen molar-refractivity contribution in [2.45, 2.75) is 6.54 Å². The molecule has 2 aromatic heterocycles. The number of nitro groups is 1. The first-order chi connectivity index (χ1) is 11.9. The number of methoxy groups -OCH3 is 1. The molecule has 0 saturated carbocycles. The smallest absolute Gasteiger partial charge is 0.343 e. The number of pyridine rings is 1. The third kappa shape index (κ3) is 3.13. The molecule has 0 amide bonds. The molecule has 9 heteroatoms. The molecule has 0 bridgehead atoms. The molecule has 0 radical (unpaired) electrons. The zero-order valence-electron chi connectivity index (χ0n) is 12.9. The van der Waals surface area contributed by atoms with Crippen molar-refractivity contribution in [1.29, 1.82) is 0 Å². The fourth-order valence-electron chi connectivity index (χ4n) is 2.41. The van der Waals surface area contributed by atoms with Gasteiger partial charge in [0.2, 0.25) is 0 Å². The average Bonchev–Trinajstić information content (AvgIpc) is 2.92. The van der Waals surface area contributed by atoms with Crippen LogP contribution >= 0.6 is 22.9 Å². The largest absolute Gasteiger partial charge is 0.465 e. The predicted molar refractivity (Wildman–Crippen MR) is 94.6 cm³/mol. The maximum absolute atomic E-state index is 12.5. The summed E-state index contributed by atoms with van der Waals surface area (Å²) in [5, 5.41) is 12.4. The molecule has 0 unspecified atom stereocenters. The first-order valence-electron chi connectivity index (χ1n) is 7.05. The van der Waals surface area contributed by atoms with Gasteiger partial charge in [-0.05, 0) is 6.07 Å². The lowest BCUT2D eigenvalue weighted by Crippen LogP contribution is -2.27. The highest BCUT2D eigenvalue weighted by Gasteiger charge is 2.21. The topological polar surface area (TPSA) is 91.4 Å². The van der Waals surface area contributed by atoms with E-state index in [0.717, 1.165) is 34.0 Å². The summed E-state index contributed by atoms with van der Waals surface area (Å²) >= 11 is 7.74. The van der Waals surface area contributed by atoms with E-state index in [4.69, 9.17) is 11.6 Å². The van der Waals surface area contributed by atoms with Crippen LogP contribution in [0, 0.1) is 10.1 Å². The fourth-order valence-corrected chi connectivity index (χ4v) is 3.91. The molecular weight excluding hydrogens is 368 g/mol. The standard InChI is InChI=1S/C16H11ClN2O5S/c1-24-16(21)11-6-9(19(22)23)7-18(15(11)20)8-13-14(17)10-4-2-3-5-12(10)25-13/h2-7H,8H2,1H3. The number of esters is 1. The molecule has 2 heterocycles. The van der Waals surface area contributed by atoms with Crippen molar-refractivity contribution in [3.63, 3.8) is 0 Å². The van der Waals surface area contributed by atoms with Gasteiger partial charge >= 0.3 is 5.97 Å². The number of ether oxygens (including phenoxy) is 1. The Morgan fingerprint density at radius 2 is 2.12 bits per heavy atom. The fraction of sp³-hybridized carbons (Fsp3) is 0.125. The molecule has 0 N–H and O–H groups in total. The Hall–Kier alpha value is -2.71. The summed E-state index contributed by atoms with van der Waals surface area (Å²) in [5.74, 6) is -0.926. The molecule has 0 aliphatic rings. The number of carbonyl (C=O) groups is 1. The molecule has 128 valence electrons.